The lowest BCUT2D eigenvalue weighted by Gasteiger charge is -2.21. The zero-order valence-corrected chi connectivity index (χ0v) is 15.6. The zero-order chi connectivity index (χ0) is 18.1. The van der Waals surface area contributed by atoms with E-state index in [1.165, 1.54) is 37.0 Å². The second-order valence-corrected chi connectivity index (χ2v) is 6.80. The van der Waals surface area contributed by atoms with E-state index in [4.69, 9.17) is 0 Å². The third kappa shape index (κ3) is 6.16. The molecule has 1 saturated heterocycles. The highest BCUT2D eigenvalue weighted by atomic mass is 16.2. The maximum atomic E-state index is 12.3. The Balaban J connectivity index is 1.87. The molecule has 0 aromatic heterocycles. The van der Waals surface area contributed by atoms with Crippen LogP contribution in [0.2, 0.25) is 0 Å². The van der Waals surface area contributed by atoms with E-state index < -0.39 is 0 Å². The van der Waals surface area contributed by atoms with Crippen LogP contribution in [0.1, 0.15) is 56.3 Å². The van der Waals surface area contributed by atoms with Crippen LogP contribution in [0.5, 0.6) is 0 Å². The molecule has 1 aromatic carbocycles. The first-order chi connectivity index (χ1) is 12.1. The fourth-order valence-electron chi connectivity index (χ4n) is 3.40. The first-order valence-electron chi connectivity index (χ1n) is 9.66. The highest BCUT2D eigenvalue weighted by molar-refractivity contribution is 5.96. The number of anilines is 1. The first-order valence-corrected chi connectivity index (χ1v) is 9.66. The van der Waals surface area contributed by atoms with Crippen LogP contribution in [0.15, 0.2) is 24.3 Å². The van der Waals surface area contributed by atoms with Crippen LogP contribution in [0.25, 0.3) is 0 Å². The molecule has 1 fully saturated rings. The zero-order valence-electron chi connectivity index (χ0n) is 15.6. The van der Waals surface area contributed by atoms with E-state index in [1.54, 1.807) is 17.0 Å². The van der Waals surface area contributed by atoms with Crippen molar-refractivity contribution >= 4 is 17.5 Å². The lowest BCUT2D eigenvalue weighted by molar-refractivity contribution is -0.892. The summed E-state index contributed by atoms with van der Waals surface area (Å²) in [6, 6.07) is 7.22. The molecule has 2 amide bonds. The number of benzene rings is 1. The summed E-state index contributed by atoms with van der Waals surface area (Å²) in [6.07, 6.45) is 6.33. The molecule has 2 rings (SSSR count). The molecule has 5 nitrogen and oxygen atoms in total. The summed E-state index contributed by atoms with van der Waals surface area (Å²) < 4.78 is 0. The van der Waals surface area contributed by atoms with Crippen molar-refractivity contribution in [2.45, 2.75) is 46.0 Å². The van der Waals surface area contributed by atoms with Gasteiger partial charge in [0.25, 0.3) is 11.8 Å². The molecule has 5 heteroatoms. The molecule has 0 spiro atoms. The highest BCUT2D eigenvalue weighted by Gasteiger charge is 2.16. The molecule has 0 unspecified atom stereocenters. The Bertz CT molecular complexity index is 545. The number of carbonyl (C=O) groups is 2. The Morgan fingerprint density at radius 2 is 1.52 bits per heavy atom. The Kier molecular flexibility index (Phi) is 7.92. The summed E-state index contributed by atoms with van der Waals surface area (Å²) in [7, 11) is 0. The van der Waals surface area contributed by atoms with Crippen molar-refractivity contribution in [1.29, 1.82) is 0 Å². The van der Waals surface area contributed by atoms with Gasteiger partial charge in [0.05, 0.1) is 13.1 Å². The second kappa shape index (κ2) is 10.2. The van der Waals surface area contributed by atoms with Crippen molar-refractivity contribution in [1.82, 2.24) is 4.90 Å². The Morgan fingerprint density at radius 3 is 2.08 bits per heavy atom. The summed E-state index contributed by atoms with van der Waals surface area (Å²) in [5.74, 6) is 0.0892. The minimum atomic E-state index is 0.0351. The summed E-state index contributed by atoms with van der Waals surface area (Å²) in [5, 5.41) is 2.96. The van der Waals surface area contributed by atoms with Gasteiger partial charge in [-0.2, -0.15) is 0 Å². The van der Waals surface area contributed by atoms with E-state index in [9.17, 15) is 9.59 Å². The van der Waals surface area contributed by atoms with Crippen LogP contribution in [-0.2, 0) is 4.79 Å². The molecule has 0 radical (unpaired) electrons. The van der Waals surface area contributed by atoms with Crippen LogP contribution in [-0.4, -0.2) is 49.4 Å². The topological polar surface area (TPSA) is 53.9 Å². The summed E-state index contributed by atoms with van der Waals surface area (Å²) >= 11 is 0. The molecule has 1 heterocycles. The fraction of sp³-hybridized carbons (Fsp3) is 0.600. The molecular weight excluding hydrogens is 314 g/mol. The number of likely N-dealkylation sites (tertiary alicyclic amines) is 1. The quantitative estimate of drug-likeness (QED) is 0.827. The van der Waals surface area contributed by atoms with Gasteiger partial charge in [-0.3, -0.25) is 9.59 Å². The number of nitrogens with zero attached hydrogens (tertiary/aromatic N) is 1. The van der Waals surface area contributed by atoms with E-state index in [2.05, 4.69) is 5.32 Å². The number of hydrogen-bond donors (Lipinski definition) is 2. The van der Waals surface area contributed by atoms with Gasteiger partial charge in [0.2, 0.25) is 0 Å². The molecule has 25 heavy (non-hydrogen) atoms. The predicted molar refractivity (Wildman–Crippen MR) is 101 cm³/mol. The highest BCUT2D eigenvalue weighted by Crippen LogP contribution is 2.11. The van der Waals surface area contributed by atoms with Gasteiger partial charge in [-0.1, -0.05) is 6.42 Å². The molecular formula is C20H32N3O2+. The van der Waals surface area contributed by atoms with E-state index in [1.807, 2.05) is 26.0 Å². The van der Waals surface area contributed by atoms with Gasteiger partial charge < -0.3 is 15.1 Å². The molecule has 0 aliphatic carbocycles. The van der Waals surface area contributed by atoms with Crippen molar-refractivity contribution in [2.75, 3.05) is 38.0 Å². The van der Waals surface area contributed by atoms with E-state index >= 15 is 0 Å². The molecule has 0 bridgehead atoms. The molecule has 0 saturated carbocycles. The van der Waals surface area contributed by atoms with E-state index in [-0.39, 0.29) is 11.8 Å². The number of quaternary nitrogens is 1. The Labute approximate surface area is 151 Å². The Hall–Kier alpha value is -1.88. The third-order valence-corrected chi connectivity index (χ3v) is 4.94. The van der Waals surface area contributed by atoms with Gasteiger partial charge in [-0.25, -0.2) is 0 Å². The Morgan fingerprint density at radius 1 is 0.960 bits per heavy atom. The predicted octanol–water partition coefficient (Wildman–Crippen LogP) is 1.96. The van der Waals surface area contributed by atoms with Crippen molar-refractivity contribution in [3.8, 4) is 0 Å². The van der Waals surface area contributed by atoms with Gasteiger partial charge in [0.15, 0.2) is 6.54 Å². The molecule has 138 valence electrons. The summed E-state index contributed by atoms with van der Waals surface area (Å²) in [6.45, 7) is 8.06. The number of hydrogen-bond acceptors (Lipinski definition) is 2. The molecule has 1 aromatic rings. The van der Waals surface area contributed by atoms with Crippen molar-refractivity contribution in [3.63, 3.8) is 0 Å². The smallest absolute Gasteiger partial charge is 0.279 e. The van der Waals surface area contributed by atoms with Gasteiger partial charge in [0, 0.05) is 24.3 Å². The van der Waals surface area contributed by atoms with Crippen LogP contribution in [0, 0.1) is 0 Å². The fourth-order valence-corrected chi connectivity index (χ4v) is 3.40. The average Bonchev–Trinajstić information content (AvgIpc) is 2.59. The molecule has 1 aliphatic heterocycles. The van der Waals surface area contributed by atoms with Crippen molar-refractivity contribution < 1.29 is 14.5 Å². The van der Waals surface area contributed by atoms with Crippen molar-refractivity contribution in [3.05, 3.63) is 29.8 Å². The van der Waals surface area contributed by atoms with E-state index in [0.29, 0.717) is 25.2 Å². The van der Waals surface area contributed by atoms with Crippen molar-refractivity contribution in [2.24, 2.45) is 0 Å². The summed E-state index contributed by atoms with van der Waals surface area (Å²) in [4.78, 5) is 27.8. The summed E-state index contributed by atoms with van der Waals surface area (Å²) in [5.41, 5.74) is 1.42. The maximum Gasteiger partial charge on any atom is 0.279 e. The largest absolute Gasteiger partial charge is 0.339 e. The lowest BCUT2D eigenvalue weighted by Crippen LogP contribution is -3.13. The van der Waals surface area contributed by atoms with Gasteiger partial charge >= 0.3 is 0 Å². The number of amides is 2. The second-order valence-electron chi connectivity index (χ2n) is 6.80. The van der Waals surface area contributed by atoms with Gasteiger partial charge in [-0.15, -0.1) is 0 Å². The number of nitrogens with one attached hydrogen (secondary N) is 2. The van der Waals surface area contributed by atoms with Crippen LogP contribution in [0.3, 0.4) is 0 Å². The van der Waals surface area contributed by atoms with Crippen LogP contribution in [0.4, 0.5) is 5.69 Å². The lowest BCUT2D eigenvalue weighted by atomic mass is 10.1. The van der Waals surface area contributed by atoms with Gasteiger partial charge in [0.1, 0.15) is 0 Å². The minimum Gasteiger partial charge on any atom is -0.339 e. The van der Waals surface area contributed by atoms with E-state index in [0.717, 1.165) is 18.8 Å². The average molecular weight is 346 g/mol. The normalized spacial score (nSPS) is 15.9. The van der Waals surface area contributed by atoms with Crippen LogP contribution < -0.4 is 10.2 Å². The molecule has 0 atom stereocenters. The maximum absolute atomic E-state index is 12.3. The monoisotopic (exact) mass is 346 g/mol. The first kappa shape index (κ1) is 19.4. The SMILES string of the molecule is CCN(CC)C(=O)c1ccc(NC(=O)C[NH+]2CCCCCCC2)cc1. The number of carbonyl (C=O) groups excluding carboxylic acids is 2. The van der Waals surface area contributed by atoms with Crippen LogP contribution >= 0.6 is 0 Å². The molecule has 2 N–H and O–H groups in total. The minimum absolute atomic E-state index is 0.0351. The van der Waals surface area contributed by atoms with Gasteiger partial charge in [-0.05, 0) is 63.8 Å². The third-order valence-electron chi connectivity index (χ3n) is 4.94. The number of rotatable bonds is 6. The standard InChI is InChI=1S/C20H31N3O2/c1-3-23(4-2)20(25)17-10-12-18(13-11-17)21-19(24)16-22-14-8-6-5-7-9-15-22/h10-13H,3-9,14-16H2,1-2H3,(H,21,24)/p+1. The molecule has 1 aliphatic rings.